The molecule has 1 saturated heterocycles. The first-order valence-electron chi connectivity index (χ1n) is 10.7. The van der Waals surface area contributed by atoms with Crippen LogP contribution < -0.4 is 9.47 Å². The van der Waals surface area contributed by atoms with Crippen molar-refractivity contribution in [3.8, 4) is 11.5 Å². The number of hydrogen-bond acceptors (Lipinski definition) is 5. The minimum Gasteiger partial charge on any atom is -0.507 e. The highest BCUT2D eigenvalue weighted by molar-refractivity contribution is 6.46. The first kappa shape index (κ1) is 23.4. The van der Waals surface area contributed by atoms with E-state index in [1.807, 2.05) is 30.3 Å². The van der Waals surface area contributed by atoms with Crippen LogP contribution in [0.1, 0.15) is 22.7 Å². The topological polar surface area (TPSA) is 76.1 Å². The molecular formula is C27H24ClNO5. The molecule has 0 aliphatic carbocycles. The van der Waals surface area contributed by atoms with Crippen LogP contribution in [-0.2, 0) is 16.0 Å². The van der Waals surface area contributed by atoms with Crippen molar-refractivity contribution < 1.29 is 24.2 Å². The maximum Gasteiger partial charge on any atom is 0.295 e. The number of Topliss-reactive ketones (excluding diaryl/α,β-unsaturated/α-hetero) is 1. The van der Waals surface area contributed by atoms with Crippen LogP contribution in [0.4, 0.5) is 0 Å². The third-order valence-electron chi connectivity index (χ3n) is 5.85. The fourth-order valence-electron chi connectivity index (χ4n) is 4.10. The molecule has 1 atom stereocenters. The van der Waals surface area contributed by atoms with Crippen LogP contribution in [0.5, 0.6) is 11.5 Å². The molecule has 0 aromatic heterocycles. The second kappa shape index (κ2) is 10.0. The number of aliphatic hydroxyl groups excluding tert-OH is 1. The Morgan fingerprint density at radius 2 is 1.65 bits per heavy atom. The summed E-state index contributed by atoms with van der Waals surface area (Å²) >= 11 is 6.10. The zero-order valence-corrected chi connectivity index (χ0v) is 19.6. The number of halogens is 1. The summed E-state index contributed by atoms with van der Waals surface area (Å²) < 4.78 is 10.6. The monoisotopic (exact) mass is 477 g/mol. The highest BCUT2D eigenvalue weighted by Gasteiger charge is 2.46. The van der Waals surface area contributed by atoms with Gasteiger partial charge in [0, 0.05) is 17.1 Å². The molecule has 1 amide bonds. The standard InChI is InChI=1S/C27H24ClNO5/c1-33-21-11-9-17(10-12-21)13-14-29-24(18-5-4-8-22(16-18)34-2)23(26(31)27(29)32)25(30)19-6-3-7-20(28)15-19/h3-12,15-16,24,30H,13-14H2,1-2H3/b25-23-. The third-order valence-corrected chi connectivity index (χ3v) is 6.08. The second-order valence-electron chi connectivity index (χ2n) is 7.88. The first-order chi connectivity index (χ1) is 16.4. The number of amides is 1. The lowest BCUT2D eigenvalue weighted by Crippen LogP contribution is -2.31. The predicted molar refractivity (Wildman–Crippen MR) is 130 cm³/mol. The molecule has 0 bridgehead atoms. The molecular weight excluding hydrogens is 454 g/mol. The van der Waals surface area contributed by atoms with E-state index in [2.05, 4.69) is 0 Å². The summed E-state index contributed by atoms with van der Waals surface area (Å²) in [6.07, 6.45) is 0.523. The van der Waals surface area contributed by atoms with Gasteiger partial charge in [-0.25, -0.2) is 0 Å². The lowest BCUT2D eigenvalue weighted by molar-refractivity contribution is -0.139. The number of methoxy groups -OCH3 is 2. The zero-order valence-electron chi connectivity index (χ0n) is 18.8. The van der Waals surface area contributed by atoms with E-state index < -0.39 is 17.7 Å². The molecule has 6 nitrogen and oxygen atoms in total. The Labute approximate surface area is 203 Å². The summed E-state index contributed by atoms with van der Waals surface area (Å²) in [6.45, 7) is 0.283. The van der Waals surface area contributed by atoms with Gasteiger partial charge >= 0.3 is 0 Å². The van der Waals surface area contributed by atoms with Gasteiger partial charge in [-0.05, 0) is 53.9 Å². The number of ketones is 1. The number of benzene rings is 3. The van der Waals surface area contributed by atoms with Gasteiger partial charge in [-0.3, -0.25) is 9.59 Å². The number of rotatable bonds is 7. The van der Waals surface area contributed by atoms with Gasteiger partial charge in [-0.2, -0.15) is 0 Å². The summed E-state index contributed by atoms with van der Waals surface area (Å²) in [5, 5.41) is 11.5. The maximum absolute atomic E-state index is 13.2. The molecule has 1 aliphatic rings. The number of ether oxygens (including phenoxy) is 2. The summed E-state index contributed by atoms with van der Waals surface area (Å²) in [5.41, 5.74) is 2.04. The van der Waals surface area contributed by atoms with E-state index in [0.29, 0.717) is 28.3 Å². The summed E-state index contributed by atoms with van der Waals surface area (Å²) in [4.78, 5) is 27.8. The Morgan fingerprint density at radius 1 is 0.941 bits per heavy atom. The van der Waals surface area contributed by atoms with E-state index in [1.54, 1.807) is 56.7 Å². The molecule has 4 rings (SSSR count). The fourth-order valence-corrected chi connectivity index (χ4v) is 4.29. The minimum absolute atomic E-state index is 0.0234. The molecule has 1 aliphatic heterocycles. The Hall–Kier alpha value is -3.77. The molecule has 3 aromatic carbocycles. The molecule has 1 unspecified atom stereocenters. The smallest absolute Gasteiger partial charge is 0.295 e. The highest BCUT2D eigenvalue weighted by Crippen LogP contribution is 2.40. The van der Waals surface area contributed by atoms with E-state index in [9.17, 15) is 14.7 Å². The van der Waals surface area contributed by atoms with Crippen LogP contribution in [0.3, 0.4) is 0 Å². The first-order valence-corrected chi connectivity index (χ1v) is 11.1. The third kappa shape index (κ3) is 4.63. The van der Waals surface area contributed by atoms with Crippen molar-refractivity contribution in [2.75, 3.05) is 20.8 Å². The van der Waals surface area contributed by atoms with Gasteiger partial charge in [-0.15, -0.1) is 0 Å². The van der Waals surface area contributed by atoms with Gasteiger partial charge in [-0.1, -0.05) is 48.0 Å². The number of hydrogen-bond donors (Lipinski definition) is 1. The normalized spacial score (nSPS) is 17.1. The molecule has 0 saturated carbocycles. The van der Waals surface area contributed by atoms with Crippen LogP contribution in [0.25, 0.3) is 5.76 Å². The highest BCUT2D eigenvalue weighted by atomic mass is 35.5. The van der Waals surface area contributed by atoms with Crippen LogP contribution in [0.2, 0.25) is 5.02 Å². The van der Waals surface area contributed by atoms with Crippen molar-refractivity contribution in [1.29, 1.82) is 0 Å². The lowest BCUT2D eigenvalue weighted by atomic mass is 9.95. The van der Waals surface area contributed by atoms with Crippen LogP contribution >= 0.6 is 11.6 Å². The molecule has 7 heteroatoms. The predicted octanol–water partition coefficient (Wildman–Crippen LogP) is 5.02. The number of carbonyl (C=O) groups is 2. The number of carbonyl (C=O) groups excluding carboxylic acids is 2. The molecule has 174 valence electrons. The molecule has 1 N–H and O–H groups in total. The van der Waals surface area contributed by atoms with Crippen LogP contribution in [0, 0.1) is 0 Å². The quantitative estimate of drug-likeness (QED) is 0.294. The average Bonchev–Trinajstić information content (AvgIpc) is 3.12. The van der Waals surface area contributed by atoms with E-state index >= 15 is 0 Å². The van der Waals surface area contributed by atoms with Gasteiger partial charge in [0.05, 0.1) is 25.8 Å². The summed E-state index contributed by atoms with van der Waals surface area (Å²) in [5.74, 6) is -0.339. The number of nitrogens with zero attached hydrogens (tertiary/aromatic N) is 1. The SMILES string of the molecule is COc1ccc(CCN2C(=O)C(=O)/C(=C(\O)c3cccc(Cl)c3)C2c2cccc(OC)c2)cc1. The molecule has 0 spiro atoms. The Balaban J connectivity index is 1.76. The Morgan fingerprint density at radius 3 is 2.32 bits per heavy atom. The number of likely N-dealkylation sites (tertiary alicyclic amines) is 1. The average molecular weight is 478 g/mol. The second-order valence-corrected chi connectivity index (χ2v) is 8.31. The molecule has 1 fully saturated rings. The van der Waals surface area contributed by atoms with E-state index in [-0.39, 0.29) is 17.9 Å². The minimum atomic E-state index is -0.771. The van der Waals surface area contributed by atoms with Gasteiger partial charge < -0.3 is 19.5 Å². The summed E-state index contributed by atoms with van der Waals surface area (Å²) in [7, 11) is 3.15. The van der Waals surface area contributed by atoms with Crippen molar-refractivity contribution >= 4 is 29.1 Å². The Kier molecular flexibility index (Phi) is 6.89. The van der Waals surface area contributed by atoms with Gasteiger partial charge in [0.15, 0.2) is 0 Å². The largest absolute Gasteiger partial charge is 0.507 e. The Bertz CT molecular complexity index is 1250. The van der Waals surface area contributed by atoms with Crippen molar-refractivity contribution in [2.24, 2.45) is 0 Å². The van der Waals surface area contributed by atoms with Gasteiger partial charge in [0.2, 0.25) is 0 Å². The zero-order chi connectivity index (χ0) is 24.2. The molecule has 1 heterocycles. The summed E-state index contributed by atoms with van der Waals surface area (Å²) in [6, 6.07) is 20.5. The van der Waals surface area contributed by atoms with E-state index in [4.69, 9.17) is 21.1 Å². The van der Waals surface area contributed by atoms with Crippen molar-refractivity contribution in [2.45, 2.75) is 12.5 Å². The van der Waals surface area contributed by atoms with E-state index in [0.717, 1.165) is 11.3 Å². The van der Waals surface area contributed by atoms with Crippen LogP contribution in [-0.4, -0.2) is 42.5 Å². The lowest BCUT2D eigenvalue weighted by Gasteiger charge is -2.25. The molecule has 0 radical (unpaired) electrons. The number of aliphatic hydroxyl groups is 1. The molecule has 34 heavy (non-hydrogen) atoms. The molecule has 3 aromatic rings. The van der Waals surface area contributed by atoms with Gasteiger partial charge in [0.1, 0.15) is 17.3 Å². The van der Waals surface area contributed by atoms with E-state index in [1.165, 1.54) is 4.90 Å². The van der Waals surface area contributed by atoms with Crippen LogP contribution in [0.15, 0.2) is 78.4 Å². The maximum atomic E-state index is 13.2. The van der Waals surface area contributed by atoms with Crippen molar-refractivity contribution in [3.63, 3.8) is 0 Å². The van der Waals surface area contributed by atoms with Gasteiger partial charge in [0.25, 0.3) is 11.7 Å². The fraction of sp³-hybridized carbons (Fsp3) is 0.185. The van der Waals surface area contributed by atoms with Crippen molar-refractivity contribution in [3.05, 3.63) is 100 Å². The van der Waals surface area contributed by atoms with Crippen molar-refractivity contribution in [1.82, 2.24) is 4.90 Å².